The number of azide groups is 1. The molecule has 5 unspecified atom stereocenters. The van der Waals surface area contributed by atoms with Crippen molar-refractivity contribution in [1.29, 1.82) is 0 Å². The highest BCUT2D eigenvalue weighted by Crippen LogP contribution is 2.65. The first-order chi connectivity index (χ1) is 12.1. The largest absolute Gasteiger partial charge is 0.493 e. The third kappa shape index (κ3) is 1.57. The van der Waals surface area contributed by atoms with Gasteiger partial charge in [0.05, 0.1) is 24.2 Å². The number of ether oxygens (including phenoxy) is 2. The van der Waals surface area contributed by atoms with E-state index in [1.54, 1.807) is 7.11 Å². The summed E-state index contributed by atoms with van der Waals surface area (Å²) in [5.41, 5.74) is 9.97. The molecular formula is C18H22N4O3. The van der Waals surface area contributed by atoms with Crippen LogP contribution in [0.3, 0.4) is 0 Å². The Bertz CT molecular complexity index is 808. The molecule has 5 atom stereocenters. The highest BCUT2D eigenvalue weighted by molar-refractivity contribution is 5.63. The van der Waals surface area contributed by atoms with Crippen molar-refractivity contribution < 1.29 is 14.6 Å². The minimum Gasteiger partial charge on any atom is -0.493 e. The standard InChI is InChI=1S/C18H22N4O3/c1-22-8-7-17-14-10-3-4-12(24-2)15(14)25-16(17)11(20-21-19)5-6-18(17,23)13(22)9-10/h3-4,11,13,16,23H,5-9H2,1-2H3. The van der Waals surface area contributed by atoms with Crippen LogP contribution in [-0.4, -0.2) is 54.5 Å². The van der Waals surface area contributed by atoms with E-state index in [1.165, 1.54) is 5.56 Å². The van der Waals surface area contributed by atoms with Gasteiger partial charge in [0.15, 0.2) is 11.5 Å². The smallest absolute Gasteiger partial charge is 0.165 e. The molecule has 0 radical (unpaired) electrons. The number of nitrogens with zero attached hydrogens (tertiary/aromatic N) is 4. The Hall–Kier alpha value is -1.95. The Labute approximate surface area is 146 Å². The first kappa shape index (κ1) is 15.3. The van der Waals surface area contributed by atoms with Gasteiger partial charge < -0.3 is 19.5 Å². The van der Waals surface area contributed by atoms with Crippen LogP contribution in [-0.2, 0) is 11.8 Å². The van der Waals surface area contributed by atoms with E-state index in [-0.39, 0.29) is 18.2 Å². The number of methoxy groups -OCH3 is 1. The summed E-state index contributed by atoms with van der Waals surface area (Å²) in [5, 5.41) is 16.0. The van der Waals surface area contributed by atoms with E-state index in [0.717, 1.165) is 30.7 Å². The molecule has 1 aromatic carbocycles. The lowest BCUT2D eigenvalue weighted by atomic mass is 9.48. The predicted octanol–water partition coefficient (Wildman–Crippen LogP) is 2.16. The highest BCUT2D eigenvalue weighted by Gasteiger charge is 2.72. The highest BCUT2D eigenvalue weighted by atomic mass is 16.5. The molecule has 2 heterocycles. The summed E-state index contributed by atoms with van der Waals surface area (Å²) in [6.45, 7) is 0.895. The molecule has 132 valence electrons. The lowest BCUT2D eigenvalue weighted by Gasteiger charge is -2.63. The molecule has 1 aromatic rings. The number of likely N-dealkylation sites (tertiary alicyclic amines) is 1. The summed E-state index contributed by atoms with van der Waals surface area (Å²) < 4.78 is 11.9. The van der Waals surface area contributed by atoms with E-state index >= 15 is 0 Å². The minimum atomic E-state index is -0.864. The van der Waals surface area contributed by atoms with Crippen molar-refractivity contribution in [3.05, 3.63) is 33.7 Å². The number of rotatable bonds is 2. The normalized spacial score (nSPS) is 40.7. The topological polar surface area (TPSA) is 90.7 Å². The van der Waals surface area contributed by atoms with Gasteiger partial charge in [-0.3, -0.25) is 0 Å². The van der Waals surface area contributed by atoms with Gasteiger partial charge in [-0.2, -0.15) is 0 Å². The van der Waals surface area contributed by atoms with Gasteiger partial charge in [-0.25, -0.2) is 0 Å². The number of benzene rings is 1. The molecule has 2 fully saturated rings. The zero-order valence-electron chi connectivity index (χ0n) is 14.5. The quantitative estimate of drug-likeness (QED) is 0.506. The first-order valence-electron chi connectivity index (χ1n) is 8.90. The van der Waals surface area contributed by atoms with Crippen molar-refractivity contribution in [1.82, 2.24) is 4.90 Å². The van der Waals surface area contributed by atoms with E-state index in [2.05, 4.69) is 28.0 Å². The molecule has 5 rings (SSSR count). The van der Waals surface area contributed by atoms with E-state index in [1.807, 2.05) is 6.07 Å². The van der Waals surface area contributed by atoms with Crippen molar-refractivity contribution in [3.63, 3.8) is 0 Å². The van der Waals surface area contributed by atoms with E-state index < -0.39 is 11.0 Å². The van der Waals surface area contributed by atoms with Gasteiger partial charge in [0.25, 0.3) is 0 Å². The zero-order chi connectivity index (χ0) is 17.4. The molecule has 0 amide bonds. The second kappa shape index (κ2) is 4.81. The third-order valence-electron chi connectivity index (χ3n) is 7.10. The van der Waals surface area contributed by atoms with E-state index in [4.69, 9.17) is 15.0 Å². The molecule has 0 aromatic heterocycles. The fourth-order valence-corrected chi connectivity index (χ4v) is 6.06. The number of aliphatic hydroxyl groups is 1. The summed E-state index contributed by atoms with van der Waals surface area (Å²) in [5.74, 6) is 1.44. The molecule has 25 heavy (non-hydrogen) atoms. The van der Waals surface area contributed by atoms with Gasteiger partial charge in [-0.15, -0.1) is 0 Å². The van der Waals surface area contributed by atoms with Crippen molar-refractivity contribution in [2.45, 2.75) is 54.9 Å². The van der Waals surface area contributed by atoms with E-state index in [9.17, 15) is 5.11 Å². The molecule has 2 aliphatic heterocycles. The van der Waals surface area contributed by atoms with Crippen LogP contribution in [0.4, 0.5) is 0 Å². The summed E-state index contributed by atoms with van der Waals surface area (Å²) in [7, 11) is 3.73. The minimum absolute atomic E-state index is 0.0613. The summed E-state index contributed by atoms with van der Waals surface area (Å²) in [4.78, 5) is 5.33. The molecule has 1 spiro atoms. The number of piperidine rings is 1. The number of hydrogen-bond acceptors (Lipinski definition) is 5. The lowest BCUT2D eigenvalue weighted by molar-refractivity contribution is -0.184. The van der Waals surface area contributed by atoms with Crippen LogP contribution < -0.4 is 9.47 Å². The van der Waals surface area contributed by atoms with Crippen LogP contribution in [0, 0.1) is 0 Å². The van der Waals surface area contributed by atoms with Crippen molar-refractivity contribution in [2.24, 2.45) is 5.11 Å². The van der Waals surface area contributed by atoms with Gasteiger partial charge in [-0.1, -0.05) is 11.2 Å². The fourth-order valence-electron chi connectivity index (χ4n) is 6.06. The number of likely N-dealkylation sites (N-methyl/N-ethyl adjacent to an activating group) is 1. The van der Waals surface area contributed by atoms with Gasteiger partial charge in [-0.05, 0) is 56.4 Å². The maximum Gasteiger partial charge on any atom is 0.165 e. The van der Waals surface area contributed by atoms with Gasteiger partial charge in [0.2, 0.25) is 0 Å². The Kier molecular flexibility index (Phi) is 2.95. The molecule has 2 bridgehead atoms. The molecule has 4 aliphatic rings. The predicted molar refractivity (Wildman–Crippen MR) is 90.9 cm³/mol. The Morgan fingerprint density at radius 3 is 3.04 bits per heavy atom. The van der Waals surface area contributed by atoms with Crippen LogP contribution in [0.15, 0.2) is 17.2 Å². The average Bonchev–Trinajstić information content (AvgIpc) is 2.96. The van der Waals surface area contributed by atoms with Crippen molar-refractivity contribution in [2.75, 3.05) is 20.7 Å². The maximum atomic E-state index is 11.9. The second-order valence-corrected chi connectivity index (χ2v) is 7.83. The number of hydrogen-bond donors (Lipinski definition) is 1. The molecule has 7 nitrogen and oxygen atoms in total. The van der Waals surface area contributed by atoms with Crippen LogP contribution in [0.2, 0.25) is 0 Å². The van der Waals surface area contributed by atoms with Crippen LogP contribution in [0.5, 0.6) is 11.5 Å². The van der Waals surface area contributed by atoms with Crippen LogP contribution in [0.25, 0.3) is 10.4 Å². The van der Waals surface area contributed by atoms with Gasteiger partial charge >= 0.3 is 0 Å². The summed E-state index contributed by atoms with van der Waals surface area (Å²) in [6.07, 6.45) is 2.54. The first-order valence-corrected chi connectivity index (χ1v) is 8.90. The molecule has 2 aliphatic carbocycles. The van der Waals surface area contributed by atoms with Crippen molar-refractivity contribution in [3.8, 4) is 11.5 Å². The van der Waals surface area contributed by atoms with Crippen molar-refractivity contribution >= 4 is 0 Å². The Morgan fingerprint density at radius 1 is 1.44 bits per heavy atom. The molecule has 1 saturated heterocycles. The third-order valence-corrected chi connectivity index (χ3v) is 7.10. The zero-order valence-corrected chi connectivity index (χ0v) is 14.5. The lowest BCUT2D eigenvalue weighted by Crippen LogP contribution is -2.76. The maximum absolute atomic E-state index is 11.9. The SMILES string of the molecule is COc1ccc2c3c1OC1C(N=[N+]=[N-])CCC4(O)C(C2)N(C)CCC314. The Morgan fingerprint density at radius 2 is 2.28 bits per heavy atom. The molecule has 7 heteroatoms. The summed E-state index contributed by atoms with van der Waals surface area (Å²) in [6, 6.07) is 3.85. The van der Waals surface area contributed by atoms with Gasteiger partial charge in [0, 0.05) is 16.5 Å². The average molecular weight is 342 g/mol. The Balaban J connectivity index is 1.82. The fraction of sp³-hybridized carbons (Fsp3) is 0.667. The van der Waals surface area contributed by atoms with Gasteiger partial charge in [0.1, 0.15) is 6.10 Å². The molecule has 1 N–H and O–H groups in total. The monoisotopic (exact) mass is 342 g/mol. The second-order valence-electron chi connectivity index (χ2n) is 7.83. The van der Waals surface area contributed by atoms with Crippen LogP contribution in [0.1, 0.15) is 30.4 Å². The van der Waals surface area contributed by atoms with Crippen LogP contribution >= 0.6 is 0 Å². The molecule has 1 saturated carbocycles. The van der Waals surface area contributed by atoms with E-state index in [0.29, 0.717) is 18.6 Å². The summed E-state index contributed by atoms with van der Waals surface area (Å²) >= 11 is 0. The molecular weight excluding hydrogens is 320 g/mol.